The Balaban J connectivity index is 1.68. The molecular weight excluding hydrogens is 464 g/mol. The van der Waals surface area contributed by atoms with Crippen molar-refractivity contribution in [1.82, 2.24) is 4.98 Å². The summed E-state index contributed by atoms with van der Waals surface area (Å²) in [5, 5.41) is 0.750. The van der Waals surface area contributed by atoms with E-state index in [1.54, 1.807) is 30.5 Å². The molecule has 5 rings (SSSR count). The van der Waals surface area contributed by atoms with Crippen molar-refractivity contribution in [1.29, 1.82) is 0 Å². The van der Waals surface area contributed by atoms with E-state index >= 15 is 0 Å². The second-order valence-corrected chi connectivity index (χ2v) is 9.63. The van der Waals surface area contributed by atoms with E-state index in [2.05, 4.69) is 18.8 Å². The van der Waals surface area contributed by atoms with Gasteiger partial charge >= 0.3 is 0 Å². The van der Waals surface area contributed by atoms with E-state index in [0.717, 1.165) is 17.5 Å². The number of aromatic nitrogens is 1. The first kappa shape index (κ1) is 23.1. The molecule has 3 heterocycles. The van der Waals surface area contributed by atoms with Crippen molar-refractivity contribution in [2.75, 3.05) is 11.5 Å². The van der Waals surface area contributed by atoms with E-state index in [0.29, 0.717) is 40.1 Å². The number of nitrogens with zero attached hydrogens (tertiary/aromatic N) is 2. The molecule has 0 aliphatic carbocycles. The van der Waals surface area contributed by atoms with Crippen molar-refractivity contribution in [2.45, 2.75) is 33.2 Å². The lowest BCUT2D eigenvalue weighted by molar-refractivity contribution is 0.0970. The van der Waals surface area contributed by atoms with Crippen LogP contribution >= 0.6 is 11.6 Å². The first-order valence-electron chi connectivity index (χ1n) is 11.6. The van der Waals surface area contributed by atoms with E-state index < -0.39 is 11.9 Å². The Labute approximate surface area is 208 Å². The highest BCUT2D eigenvalue weighted by Gasteiger charge is 2.44. The number of ether oxygens (including phenoxy) is 1. The fraction of sp³-hybridized carbons (Fsp3) is 0.250. The minimum atomic E-state index is -0.721. The molecule has 1 atom stereocenters. The zero-order valence-corrected chi connectivity index (χ0v) is 20.5. The molecule has 2 aromatic carbocycles. The van der Waals surface area contributed by atoms with Gasteiger partial charge in [-0.3, -0.25) is 14.5 Å². The number of benzene rings is 2. The maximum Gasteiger partial charge on any atom is 0.296 e. The molecule has 1 aliphatic heterocycles. The van der Waals surface area contributed by atoms with Gasteiger partial charge in [0.15, 0.2) is 5.43 Å². The molecule has 0 bridgehead atoms. The number of halogens is 1. The molecule has 0 spiro atoms. The monoisotopic (exact) mass is 488 g/mol. The maximum atomic E-state index is 13.7. The SMILES string of the molecule is Cc1ccc(N2C(=O)c3oc4ccc(Cl)cc4c(=O)c3C2c2cccc(OCCC(C)C)c2)nc1. The molecule has 1 unspecified atom stereocenters. The van der Waals surface area contributed by atoms with Gasteiger partial charge in [0, 0.05) is 11.2 Å². The van der Waals surface area contributed by atoms with E-state index in [1.807, 2.05) is 37.3 Å². The fourth-order valence-corrected chi connectivity index (χ4v) is 4.46. The number of aryl methyl sites for hydroxylation is 1. The Morgan fingerprint density at radius 1 is 1.11 bits per heavy atom. The topological polar surface area (TPSA) is 72.6 Å². The number of hydrogen-bond acceptors (Lipinski definition) is 5. The van der Waals surface area contributed by atoms with Gasteiger partial charge < -0.3 is 9.15 Å². The number of hydrogen-bond donors (Lipinski definition) is 0. The van der Waals surface area contributed by atoms with Gasteiger partial charge in [0.2, 0.25) is 5.76 Å². The molecule has 0 saturated heterocycles. The summed E-state index contributed by atoms with van der Waals surface area (Å²) in [4.78, 5) is 33.4. The maximum absolute atomic E-state index is 13.7. The zero-order chi connectivity index (χ0) is 24.7. The van der Waals surface area contributed by atoms with Gasteiger partial charge in [0.05, 0.1) is 23.6 Å². The molecule has 35 heavy (non-hydrogen) atoms. The van der Waals surface area contributed by atoms with Crippen molar-refractivity contribution in [3.05, 3.63) is 98.5 Å². The largest absolute Gasteiger partial charge is 0.494 e. The van der Waals surface area contributed by atoms with Crippen molar-refractivity contribution >= 4 is 34.3 Å². The average molecular weight is 489 g/mol. The van der Waals surface area contributed by atoms with E-state index in [9.17, 15) is 9.59 Å². The van der Waals surface area contributed by atoms with Crippen molar-refractivity contribution in [2.24, 2.45) is 5.92 Å². The quantitative estimate of drug-likeness (QED) is 0.317. The summed E-state index contributed by atoms with van der Waals surface area (Å²) < 4.78 is 12.0. The Kier molecular flexibility index (Phi) is 6.07. The summed E-state index contributed by atoms with van der Waals surface area (Å²) >= 11 is 6.17. The third-order valence-electron chi connectivity index (χ3n) is 6.11. The van der Waals surface area contributed by atoms with Crippen molar-refractivity contribution in [3.63, 3.8) is 0 Å². The first-order valence-corrected chi connectivity index (χ1v) is 12.0. The highest BCUT2D eigenvalue weighted by atomic mass is 35.5. The molecule has 2 aromatic heterocycles. The Morgan fingerprint density at radius 3 is 2.69 bits per heavy atom. The van der Waals surface area contributed by atoms with Gasteiger partial charge in [-0.15, -0.1) is 0 Å². The number of amides is 1. The minimum absolute atomic E-state index is 0.0170. The fourth-order valence-electron chi connectivity index (χ4n) is 4.29. The van der Waals surface area contributed by atoms with Crippen LogP contribution in [-0.4, -0.2) is 17.5 Å². The lowest BCUT2D eigenvalue weighted by atomic mass is 9.98. The van der Waals surface area contributed by atoms with E-state index in [1.165, 1.54) is 4.90 Å². The summed E-state index contributed by atoms with van der Waals surface area (Å²) in [6, 6.07) is 15.2. The molecule has 7 heteroatoms. The van der Waals surface area contributed by atoms with Crippen LogP contribution in [0.1, 0.15) is 53.6 Å². The standard InChI is InChI=1S/C28H25ClN2O4/c1-16(2)11-12-34-20-6-4-5-18(13-20)25-24-26(32)21-14-19(29)8-9-22(21)35-27(24)28(33)31(25)23-10-7-17(3)15-30-23/h4-10,13-16,25H,11-12H2,1-3H3. The van der Waals surface area contributed by atoms with E-state index in [4.69, 9.17) is 20.8 Å². The molecule has 1 aliphatic rings. The molecule has 0 N–H and O–H groups in total. The third kappa shape index (κ3) is 4.30. The zero-order valence-electron chi connectivity index (χ0n) is 19.7. The number of pyridine rings is 1. The second kappa shape index (κ2) is 9.19. The van der Waals surface area contributed by atoms with Gasteiger partial charge in [-0.25, -0.2) is 4.98 Å². The van der Waals surface area contributed by atoms with Gasteiger partial charge in [-0.2, -0.15) is 0 Å². The third-order valence-corrected chi connectivity index (χ3v) is 6.35. The number of fused-ring (bicyclic) bond motifs is 2. The van der Waals surface area contributed by atoms with Crippen LogP contribution in [0.3, 0.4) is 0 Å². The number of carbonyl (C=O) groups excluding carboxylic acids is 1. The molecule has 6 nitrogen and oxygen atoms in total. The van der Waals surface area contributed by atoms with Crippen LogP contribution in [0.25, 0.3) is 11.0 Å². The van der Waals surface area contributed by atoms with Crippen LogP contribution in [0, 0.1) is 12.8 Å². The van der Waals surface area contributed by atoms with Crippen LogP contribution in [0.15, 0.2) is 70.0 Å². The second-order valence-electron chi connectivity index (χ2n) is 9.19. The van der Waals surface area contributed by atoms with Crippen molar-refractivity contribution in [3.8, 4) is 5.75 Å². The van der Waals surface area contributed by atoms with Gasteiger partial charge in [0.25, 0.3) is 5.91 Å². The van der Waals surface area contributed by atoms with Gasteiger partial charge in [-0.05, 0) is 66.8 Å². The lowest BCUT2D eigenvalue weighted by Crippen LogP contribution is -2.30. The Morgan fingerprint density at radius 2 is 1.94 bits per heavy atom. The smallest absolute Gasteiger partial charge is 0.296 e. The molecule has 0 radical (unpaired) electrons. The summed E-state index contributed by atoms with van der Waals surface area (Å²) in [6.07, 6.45) is 2.62. The normalized spacial score (nSPS) is 15.2. The van der Waals surface area contributed by atoms with Gasteiger partial charge in [-0.1, -0.05) is 43.6 Å². The summed E-state index contributed by atoms with van der Waals surface area (Å²) in [7, 11) is 0. The van der Waals surface area contributed by atoms with Crippen LogP contribution in [0.4, 0.5) is 5.82 Å². The Hall–Kier alpha value is -3.64. The lowest BCUT2D eigenvalue weighted by Gasteiger charge is -2.24. The van der Waals surface area contributed by atoms with Crippen LogP contribution in [-0.2, 0) is 0 Å². The van der Waals surface area contributed by atoms with Crippen molar-refractivity contribution < 1.29 is 13.9 Å². The molecule has 4 aromatic rings. The molecule has 0 saturated carbocycles. The predicted molar refractivity (Wildman–Crippen MR) is 137 cm³/mol. The number of carbonyl (C=O) groups is 1. The molecule has 1 amide bonds. The minimum Gasteiger partial charge on any atom is -0.494 e. The molecule has 0 fully saturated rings. The Bertz CT molecular complexity index is 1480. The summed E-state index contributed by atoms with van der Waals surface area (Å²) in [6.45, 7) is 6.79. The van der Waals surface area contributed by atoms with Crippen LogP contribution < -0.4 is 15.1 Å². The summed E-state index contributed by atoms with van der Waals surface area (Å²) in [5.41, 5.74) is 1.99. The predicted octanol–water partition coefficient (Wildman–Crippen LogP) is 6.32. The van der Waals surface area contributed by atoms with Crippen LogP contribution in [0.5, 0.6) is 5.75 Å². The number of anilines is 1. The molecule has 178 valence electrons. The summed E-state index contributed by atoms with van der Waals surface area (Å²) in [5.74, 6) is 1.23. The highest BCUT2D eigenvalue weighted by Crippen LogP contribution is 2.41. The van der Waals surface area contributed by atoms with E-state index in [-0.39, 0.29) is 16.8 Å². The van der Waals surface area contributed by atoms with Crippen LogP contribution in [0.2, 0.25) is 5.02 Å². The molecular formula is C28H25ClN2O4. The number of rotatable bonds is 6. The first-order chi connectivity index (χ1) is 16.8. The van der Waals surface area contributed by atoms with Gasteiger partial charge in [0.1, 0.15) is 17.2 Å². The highest BCUT2D eigenvalue weighted by molar-refractivity contribution is 6.31. The average Bonchev–Trinajstić information content (AvgIpc) is 3.13.